The molecule has 0 aromatic carbocycles. The molecule has 1 aliphatic carbocycles. The Bertz CT molecular complexity index is 325. The summed E-state index contributed by atoms with van der Waals surface area (Å²) in [7, 11) is 0. The van der Waals surface area contributed by atoms with Gasteiger partial charge >= 0.3 is 6.03 Å². The zero-order valence-electron chi connectivity index (χ0n) is 8.91. The largest absolute Gasteiger partial charge is 0.335 e. The molecule has 1 atom stereocenters. The van der Waals surface area contributed by atoms with Crippen LogP contribution < -0.4 is 16.0 Å². The predicted molar refractivity (Wildman–Crippen MR) is 55.5 cm³/mol. The van der Waals surface area contributed by atoms with Gasteiger partial charge in [0.2, 0.25) is 11.8 Å². The fourth-order valence-corrected chi connectivity index (χ4v) is 1.77. The van der Waals surface area contributed by atoms with Gasteiger partial charge in [0, 0.05) is 12.5 Å². The number of carbonyl (C=O) groups excluding carboxylic acids is 3. The molecule has 6 heteroatoms. The van der Waals surface area contributed by atoms with E-state index in [9.17, 15) is 14.4 Å². The van der Waals surface area contributed by atoms with Gasteiger partial charge in [0.15, 0.2) is 0 Å². The van der Waals surface area contributed by atoms with Gasteiger partial charge in [-0.05, 0) is 25.7 Å². The van der Waals surface area contributed by atoms with E-state index in [0.717, 1.165) is 19.3 Å². The molecule has 4 amide bonds. The fourth-order valence-electron chi connectivity index (χ4n) is 1.77. The first-order chi connectivity index (χ1) is 7.65. The van der Waals surface area contributed by atoms with Crippen LogP contribution in [-0.4, -0.2) is 29.9 Å². The van der Waals surface area contributed by atoms with Crippen LogP contribution in [0.4, 0.5) is 4.79 Å². The van der Waals surface area contributed by atoms with Crippen LogP contribution in [0.25, 0.3) is 0 Å². The summed E-state index contributed by atoms with van der Waals surface area (Å²) in [6.45, 7) is 0. The molecule has 1 unspecified atom stereocenters. The zero-order chi connectivity index (χ0) is 11.5. The fraction of sp³-hybridized carbons (Fsp3) is 0.700. The van der Waals surface area contributed by atoms with Crippen molar-refractivity contribution >= 4 is 17.8 Å². The van der Waals surface area contributed by atoms with Crippen LogP contribution in [-0.2, 0) is 9.59 Å². The maximum absolute atomic E-state index is 11.5. The van der Waals surface area contributed by atoms with Gasteiger partial charge in [0.1, 0.15) is 6.04 Å². The second-order valence-corrected chi connectivity index (χ2v) is 4.25. The van der Waals surface area contributed by atoms with Crippen molar-refractivity contribution in [2.45, 2.75) is 44.2 Å². The average Bonchev–Trinajstić information content (AvgIpc) is 2.16. The van der Waals surface area contributed by atoms with E-state index < -0.39 is 11.9 Å². The molecule has 2 rings (SSSR count). The minimum absolute atomic E-state index is 0.244. The van der Waals surface area contributed by atoms with Gasteiger partial charge in [0.25, 0.3) is 0 Å². The number of hydrogen-bond acceptors (Lipinski definition) is 3. The van der Waals surface area contributed by atoms with Crippen LogP contribution >= 0.6 is 0 Å². The lowest BCUT2D eigenvalue weighted by Gasteiger charge is -2.28. The lowest BCUT2D eigenvalue weighted by molar-refractivity contribution is -0.134. The first kappa shape index (κ1) is 10.9. The van der Waals surface area contributed by atoms with E-state index in [1.807, 2.05) is 0 Å². The highest BCUT2D eigenvalue weighted by atomic mass is 16.2. The number of rotatable bonds is 2. The van der Waals surface area contributed by atoms with Crippen LogP contribution in [0.5, 0.6) is 0 Å². The summed E-state index contributed by atoms with van der Waals surface area (Å²) in [5.41, 5.74) is 0. The molecular formula is C10H15N3O3. The van der Waals surface area contributed by atoms with E-state index >= 15 is 0 Å². The van der Waals surface area contributed by atoms with Gasteiger partial charge in [0.05, 0.1) is 0 Å². The Labute approximate surface area is 93.1 Å². The van der Waals surface area contributed by atoms with E-state index in [1.54, 1.807) is 0 Å². The molecule has 3 N–H and O–H groups in total. The number of nitrogens with one attached hydrogen (secondary N) is 3. The van der Waals surface area contributed by atoms with Crippen LogP contribution in [0.2, 0.25) is 0 Å². The summed E-state index contributed by atoms with van der Waals surface area (Å²) in [4.78, 5) is 33.7. The van der Waals surface area contributed by atoms with Crippen LogP contribution in [0.1, 0.15) is 32.1 Å². The summed E-state index contributed by atoms with van der Waals surface area (Å²) in [6, 6.07) is -0.662. The molecule has 16 heavy (non-hydrogen) atoms. The number of urea groups is 1. The van der Waals surface area contributed by atoms with Crippen molar-refractivity contribution in [1.82, 2.24) is 16.0 Å². The molecule has 1 saturated carbocycles. The molecule has 2 fully saturated rings. The molecule has 2 aliphatic rings. The molecule has 1 heterocycles. The van der Waals surface area contributed by atoms with Crippen LogP contribution in [0, 0.1) is 0 Å². The highest BCUT2D eigenvalue weighted by Gasteiger charge is 2.28. The second-order valence-electron chi connectivity index (χ2n) is 4.25. The molecule has 0 spiro atoms. The van der Waals surface area contributed by atoms with E-state index in [0.29, 0.717) is 6.42 Å². The number of piperidine rings is 1. The van der Waals surface area contributed by atoms with Gasteiger partial charge in [-0.3, -0.25) is 14.9 Å². The Morgan fingerprint density at radius 2 is 1.94 bits per heavy atom. The summed E-state index contributed by atoms with van der Waals surface area (Å²) in [5, 5.41) is 7.55. The van der Waals surface area contributed by atoms with Crippen LogP contribution in [0.15, 0.2) is 0 Å². The van der Waals surface area contributed by atoms with Gasteiger partial charge in [-0.25, -0.2) is 4.79 Å². The molecule has 0 aromatic rings. The van der Waals surface area contributed by atoms with Crippen molar-refractivity contribution in [3.05, 3.63) is 0 Å². The van der Waals surface area contributed by atoms with Gasteiger partial charge in [-0.15, -0.1) is 0 Å². The smallest absolute Gasteiger partial charge is 0.315 e. The minimum Gasteiger partial charge on any atom is -0.335 e. The monoisotopic (exact) mass is 225 g/mol. The van der Waals surface area contributed by atoms with Gasteiger partial charge < -0.3 is 10.6 Å². The Kier molecular flexibility index (Phi) is 3.07. The molecule has 0 radical (unpaired) electrons. The van der Waals surface area contributed by atoms with E-state index in [4.69, 9.17) is 0 Å². The maximum atomic E-state index is 11.5. The lowest BCUT2D eigenvalue weighted by atomic mass is 9.93. The van der Waals surface area contributed by atoms with Crippen molar-refractivity contribution in [2.24, 2.45) is 0 Å². The maximum Gasteiger partial charge on any atom is 0.315 e. The first-order valence-electron chi connectivity index (χ1n) is 5.56. The molecule has 6 nitrogen and oxygen atoms in total. The third-order valence-electron chi connectivity index (χ3n) is 2.98. The number of imide groups is 1. The predicted octanol–water partition coefficient (Wildman–Crippen LogP) is -0.357. The molecule has 1 saturated heterocycles. The van der Waals surface area contributed by atoms with Crippen molar-refractivity contribution in [2.75, 3.05) is 0 Å². The SMILES string of the molecule is O=C1CCC(NC(=O)NC2CCC2)C(=O)N1. The Balaban J connectivity index is 1.77. The number of carbonyl (C=O) groups is 3. The number of amides is 4. The first-order valence-corrected chi connectivity index (χ1v) is 5.56. The van der Waals surface area contributed by atoms with E-state index in [-0.39, 0.29) is 24.4 Å². The third-order valence-corrected chi connectivity index (χ3v) is 2.98. The normalized spacial score (nSPS) is 25.6. The molecule has 0 bridgehead atoms. The quantitative estimate of drug-likeness (QED) is 0.561. The highest BCUT2D eigenvalue weighted by molar-refractivity contribution is 6.01. The molecule has 88 valence electrons. The van der Waals surface area contributed by atoms with Crippen molar-refractivity contribution in [3.63, 3.8) is 0 Å². The zero-order valence-corrected chi connectivity index (χ0v) is 8.91. The van der Waals surface area contributed by atoms with Crippen molar-refractivity contribution in [1.29, 1.82) is 0 Å². The van der Waals surface area contributed by atoms with Gasteiger partial charge in [-0.2, -0.15) is 0 Å². The summed E-state index contributed by atoms with van der Waals surface area (Å²) < 4.78 is 0. The van der Waals surface area contributed by atoms with E-state index in [1.165, 1.54) is 0 Å². The molecule has 0 aromatic heterocycles. The van der Waals surface area contributed by atoms with Gasteiger partial charge in [-0.1, -0.05) is 0 Å². The van der Waals surface area contributed by atoms with E-state index in [2.05, 4.69) is 16.0 Å². The number of hydrogen-bond donors (Lipinski definition) is 3. The molecule has 1 aliphatic heterocycles. The Morgan fingerprint density at radius 1 is 1.19 bits per heavy atom. The van der Waals surface area contributed by atoms with Crippen LogP contribution in [0.3, 0.4) is 0 Å². The Hall–Kier alpha value is -1.59. The summed E-state index contributed by atoms with van der Waals surface area (Å²) >= 11 is 0. The van der Waals surface area contributed by atoms with Crippen molar-refractivity contribution < 1.29 is 14.4 Å². The molecular weight excluding hydrogens is 210 g/mol. The second kappa shape index (κ2) is 4.51. The summed E-state index contributed by atoms with van der Waals surface area (Å²) in [6.07, 6.45) is 3.80. The lowest BCUT2D eigenvalue weighted by Crippen LogP contribution is -2.56. The summed E-state index contributed by atoms with van der Waals surface area (Å²) in [5.74, 6) is -0.692. The third kappa shape index (κ3) is 2.50. The minimum atomic E-state index is -0.585. The standard InChI is InChI=1S/C10H15N3O3/c14-8-5-4-7(9(15)13-8)12-10(16)11-6-2-1-3-6/h6-7H,1-5H2,(H2,11,12,16)(H,13,14,15). The highest BCUT2D eigenvalue weighted by Crippen LogP contribution is 2.17. The average molecular weight is 225 g/mol. The van der Waals surface area contributed by atoms with Crippen molar-refractivity contribution in [3.8, 4) is 0 Å². The Morgan fingerprint density at radius 3 is 2.50 bits per heavy atom. The topological polar surface area (TPSA) is 87.3 Å².